The Morgan fingerprint density at radius 3 is 2.00 bits per heavy atom. The largest absolute Gasteiger partial charge is 0.466 e. The van der Waals surface area contributed by atoms with E-state index in [0.29, 0.717) is 13.2 Å². The Bertz CT molecular complexity index is 258. The van der Waals surface area contributed by atoms with Crippen LogP contribution in [0.3, 0.4) is 0 Å². The number of carbonyl (C=O) groups is 2. The van der Waals surface area contributed by atoms with Crippen molar-refractivity contribution in [3.8, 4) is 0 Å². The van der Waals surface area contributed by atoms with Crippen LogP contribution in [0.25, 0.3) is 0 Å². The molecule has 0 heterocycles. The summed E-state index contributed by atoms with van der Waals surface area (Å²) in [6.07, 6.45) is 0.892. The molecule has 100 valence electrons. The highest BCUT2D eigenvalue weighted by atomic mass is 16.5. The summed E-state index contributed by atoms with van der Waals surface area (Å²) in [5.41, 5.74) is -0.265. The van der Waals surface area contributed by atoms with E-state index in [9.17, 15) is 9.59 Å². The number of hydrogen-bond donors (Lipinski definition) is 0. The molecule has 0 aliphatic heterocycles. The van der Waals surface area contributed by atoms with Crippen LogP contribution < -0.4 is 0 Å². The molecule has 1 unspecified atom stereocenters. The topological polar surface area (TPSA) is 52.6 Å². The average Bonchev–Trinajstić information content (AvgIpc) is 2.26. The zero-order valence-corrected chi connectivity index (χ0v) is 11.5. The molecule has 0 aliphatic rings. The van der Waals surface area contributed by atoms with Crippen LogP contribution in [0.1, 0.15) is 47.5 Å². The van der Waals surface area contributed by atoms with Gasteiger partial charge in [0.05, 0.1) is 25.6 Å². The van der Waals surface area contributed by atoms with Gasteiger partial charge in [-0.25, -0.2) is 0 Å². The van der Waals surface area contributed by atoms with Crippen LogP contribution in [-0.4, -0.2) is 25.2 Å². The van der Waals surface area contributed by atoms with Crippen molar-refractivity contribution < 1.29 is 19.1 Å². The smallest absolute Gasteiger partial charge is 0.310 e. The van der Waals surface area contributed by atoms with E-state index in [1.807, 2.05) is 20.8 Å². The summed E-state index contributed by atoms with van der Waals surface area (Å²) >= 11 is 0. The molecule has 0 amide bonds. The van der Waals surface area contributed by atoms with Gasteiger partial charge in [0, 0.05) is 0 Å². The molecule has 0 fully saturated rings. The van der Waals surface area contributed by atoms with Gasteiger partial charge in [0.2, 0.25) is 0 Å². The molecule has 0 N–H and O–H groups in total. The summed E-state index contributed by atoms with van der Waals surface area (Å²) in [5.74, 6) is -1.09. The third-order valence-electron chi connectivity index (χ3n) is 3.10. The second-order valence-electron chi connectivity index (χ2n) is 4.66. The molecule has 0 saturated heterocycles. The van der Waals surface area contributed by atoms with Crippen molar-refractivity contribution in [2.24, 2.45) is 11.3 Å². The first-order valence-corrected chi connectivity index (χ1v) is 6.21. The molecule has 0 radical (unpaired) electrons. The van der Waals surface area contributed by atoms with Gasteiger partial charge in [-0.05, 0) is 19.3 Å². The maximum atomic E-state index is 11.9. The van der Waals surface area contributed by atoms with Crippen molar-refractivity contribution in [3.05, 3.63) is 0 Å². The fraction of sp³-hybridized carbons (Fsp3) is 0.846. The van der Waals surface area contributed by atoms with Crippen molar-refractivity contribution in [1.82, 2.24) is 0 Å². The Hall–Kier alpha value is -1.06. The molecule has 0 saturated carbocycles. The number of esters is 2. The molecule has 0 aliphatic carbocycles. The molecule has 0 aromatic heterocycles. The lowest BCUT2D eigenvalue weighted by atomic mass is 9.75. The van der Waals surface area contributed by atoms with Crippen molar-refractivity contribution in [1.29, 1.82) is 0 Å². The standard InChI is InChI=1S/C13H24O4/c1-6-13(4,5)10(12(15)17-8-3)9-11(14)16-7-2/h10H,6-9H2,1-5H3. The Kier molecular flexibility index (Phi) is 6.85. The summed E-state index contributed by atoms with van der Waals surface area (Å²) < 4.78 is 9.92. The van der Waals surface area contributed by atoms with E-state index in [-0.39, 0.29) is 23.8 Å². The van der Waals surface area contributed by atoms with E-state index >= 15 is 0 Å². The predicted molar refractivity (Wildman–Crippen MR) is 65.4 cm³/mol. The van der Waals surface area contributed by atoms with Crippen LogP contribution in [0.5, 0.6) is 0 Å². The zero-order chi connectivity index (χ0) is 13.5. The van der Waals surface area contributed by atoms with Gasteiger partial charge in [0.1, 0.15) is 0 Å². The van der Waals surface area contributed by atoms with Crippen LogP contribution in [0.4, 0.5) is 0 Å². The van der Waals surface area contributed by atoms with E-state index in [2.05, 4.69) is 0 Å². The third kappa shape index (κ3) is 5.20. The van der Waals surface area contributed by atoms with Crippen LogP contribution in [0.15, 0.2) is 0 Å². The molecular formula is C13H24O4. The minimum absolute atomic E-state index is 0.0908. The lowest BCUT2D eigenvalue weighted by Gasteiger charge is -2.30. The molecule has 0 aromatic carbocycles. The summed E-state index contributed by atoms with van der Waals surface area (Å²) in [7, 11) is 0. The van der Waals surface area contributed by atoms with Gasteiger partial charge in [-0.3, -0.25) is 9.59 Å². The molecule has 4 heteroatoms. The lowest BCUT2D eigenvalue weighted by molar-refractivity contribution is -0.159. The molecular weight excluding hydrogens is 220 g/mol. The highest BCUT2D eigenvalue weighted by Gasteiger charge is 2.36. The number of ether oxygens (including phenoxy) is 2. The van der Waals surface area contributed by atoms with Crippen molar-refractivity contribution in [3.63, 3.8) is 0 Å². The second-order valence-corrected chi connectivity index (χ2v) is 4.66. The van der Waals surface area contributed by atoms with Crippen LogP contribution in [0.2, 0.25) is 0 Å². The molecule has 4 nitrogen and oxygen atoms in total. The van der Waals surface area contributed by atoms with Crippen molar-refractivity contribution in [2.75, 3.05) is 13.2 Å². The molecule has 1 atom stereocenters. The van der Waals surface area contributed by atoms with Crippen molar-refractivity contribution >= 4 is 11.9 Å². The van der Waals surface area contributed by atoms with Gasteiger partial charge in [-0.2, -0.15) is 0 Å². The number of carbonyl (C=O) groups excluding carboxylic acids is 2. The Balaban J connectivity index is 4.74. The van der Waals surface area contributed by atoms with E-state index in [0.717, 1.165) is 6.42 Å². The SMILES string of the molecule is CCOC(=O)CC(C(=O)OCC)C(C)(C)CC. The lowest BCUT2D eigenvalue weighted by Crippen LogP contribution is -2.34. The third-order valence-corrected chi connectivity index (χ3v) is 3.10. The molecule has 0 spiro atoms. The van der Waals surface area contributed by atoms with E-state index in [4.69, 9.17) is 9.47 Å². The minimum atomic E-state index is -0.438. The Morgan fingerprint density at radius 1 is 1.06 bits per heavy atom. The normalized spacial score (nSPS) is 13.0. The maximum absolute atomic E-state index is 11.9. The van der Waals surface area contributed by atoms with Gasteiger partial charge in [0.15, 0.2) is 0 Å². The van der Waals surface area contributed by atoms with Crippen LogP contribution >= 0.6 is 0 Å². The van der Waals surface area contributed by atoms with Gasteiger partial charge >= 0.3 is 11.9 Å². The summed E-state index contributed by atoms with van der Waals surface area (Å²) in [6.45, 7) is 10.1. The summed E-state index contributed by atoms with van der Waals surface area (Å²) in [4.78, 5) is 23.4. The molecule has 0 aromatic rings. The predicted octanol–water partition coefficient (Wildman–Crippen LogP) is 2.56. The molecule has 17 heavy (non-hydrogen) atoms. The quantitative estimate of drug-likeness (QED) is 0.646. The number of hydrogen-bond acceptors (Lipinski definition) is 4. The summed E-state index contributed by atoms with van der Waals surface area (Å²) in [6, 6.07) is 0. The highest BCUT2D eigenvalue weighted by Crippen LogP contribution is 2.34. The first-order chi connectivity index (χ1) is 7.88. The first-order valence-electron chi connectivity index (χ1n) is 6.21. The van der Waals surface area contributed by atoms with Crippen molar-refractivity contribution in [2.45, 2.75) is 47.5 Å². The van der Waals surface area contributed by atoms with E-state index in [1.165, 1.54) is 0 Å². The average molecular weight is 244 g/mol. The first kappa shape index (κ1) is 15.9. The fourth-order valence-electron chi connectivity index (χ4n) is 1.55. The minimum Gasteiger partial charge on any atom is -0.466 e. The summed E-state index contributed by atoms with van der Waals surface area (Å²) in [5, 5.41) is 0. The Morgan fingerprint density at radius 2 is 1.59 bits per heavy atom. The molecule has 0 rings (SSSR count). The van der Waals surface area contributed by atoms with E-state index in [1.54, 1.807) is 13.8 Å². The van der Waals surface area contributed by atoms with Gasteiger partial charge in [0.25, 0.3) is 0 Å². The van der Waals surface area contributed by atoms with Crippen LogP contribution in [0, 0.1) is 11.3 Å². The van der Waals surface area contributed by atoms with Gasteiger partial charge in [-0.1, -0.05) is 27.2 Å². The monoisotopic (exact) mass is 244 g/mol. The van der Waals surface area contributed by atoms with Gasteiger partial charge in [-0.15, -0.1) is 0 Å². The highest BCUT2D eigenvalue weighted by molar-refractivity contribution is 5.80. The fourth-order valence-corrected chi connectivity index (χ4v) is 1.55. The second kappa shape index (κ2) is 7.30. The number of rotatable bonds is 7. The van der Waals surface area contributed by atoms with E-state index < -0.39 is 5.92 Å². The molecule has 0 bridgehead atoms. The van der Waals surface area contributed by atoms with Crippen LogP contribution in [-0.2, 0) is 19.1 Å². The maximum Gasteiger partial charge on any atom is 0.310 e. The van der Waals surface area contributed by atoms with Gasteiger partial charge < -0.3 is 9.47 Å². The Labute approximate surface area is 104 Å². The zero-order valence-electron chi connectivity index (χ0n) is 11.5.